The molecule has 0 spiro atoms. The van der Waals surface area contributed by atoms with E-state index in [1.807, 2.05) is 7.05 Å². The Morgan fingerprint density at radius 1 is 1.25 bits per heavy atom. The van der Waals surface area contributed by atoms with Gasteiger partial charge >= 0.3 is 0 Å². The van der Waals surface area contributed by atoms with Crippen LogP contribution in [-0.2, 0) is 4.79 Å². The minimum atomic E-state index is 0.108. The van der Waals surface area contributed by atoms with Crippen LogP contribution in [0.3, 0.4) is 0 Å². The van der Waals surface area contributed by atoms with Crippen LogP contribution in [0.15, 0.2) is 0 Å². The highest BCUT2D eigenvalue weighted by Gasteiger charge is 2.40. The van der Waals surface area contributed by atoms with Gasteiger partial charge in [0.05, 0.1) is 6.04 Å². The molecule has 1 amide bonds. The average Bonchev–Trinajstić information content (AvgIpc) is 2.91. The summed E-state index contributed by atoms with van der Waals surface area (Å²) in [5.74, 6) is 1.78. The number of amides is 1. The summed E-state index contributed by atoms with van der Waals surface area (Å²) in [5, 5.41) is 6.88. The molecule has 3 fully saturated rings. The summed E-state index contributed by atoms with van der Waals surface area (Å²) < 4.78 is 0. The number of nitrogens with one attached hydrogen (secondary N) is 2. The van der Waals surface area contributed by atoms with Crippen molar-refractivity contribution in [3.8, 4) is 0 Å². The molecule has 1 aliphatic carbocycles. The predicted octanol–water partition coefficient (Wildman–Crippen LogP) is 1.37. The lowest BCUT2D eigenvalue weighted by Gasteiger charge is -2.34. The van der Waals surface area contributed by atoms with Gasteiger partial charge in [0.1, 0.15) is 0 Å². The fraction of sp³-hybridized carbons (Fsp3) is 0.938. The van der Waals surface area contributed by atoms with Crippen LogP contribution >= 0.6 is 0 Å². The Kier molecular flexibility index (Phi) is 4.61. The van der Waals surface area contributed by atoms with Gasteiger partial charge in [-0.2, -0.15) is 0 Å². The molecule has 20 heavy (non-hydrogen) atoms. The molecule has 2 heterocycles. The smallest absolute Gasteiger partial charge is 0.239 e. The third-order valence-corrected chi connectivity index (χ3v) is 5.48. The Labute approximate surface area is 122 Å². The van der Waals surface area contributed by atoms with Crippen molar-refractivity contribution in [1.29, 1.82) is 0 Å². The number of carbonyl (C=O) groups excluding carboxylic acids is 1. The molecular formula is C16H29N3O. The van der Waals surface area contributed by atoms with E-state index in [2.05, 4.69) is 15.5 Å². The first kappa shape index (κ1) is 14.3. The van der Waals surface area contributed by atoms with E-state index in [0.29, 0.717) is 17.9 Å². The molecule has 3 aliphatic rings. The summed E-state index contributed by atoms with van der Waals surface area (Å²) in [5.41, 5.74) is 0. The van der Waals surface area contributed by atoms with E-state index in [1.54, 1.807) is 0 Å². The second-order valence-electron chi connectivity index (χ2n) is 6.96. The Bertz CT molecular complexity index is 331. The quantitative estimate of drug-likeness (QED) is 0.820. The Balaban J connectivity index is 1.55. The molecule has 0 aromatic rings. The van der Waals surface area contributed by atoms with E-state index in [-0.39, 0.29) is 6.04 Å². The Morgan fingerprint density at radius 2 is 2.10 bits per heavy atom. The van der Waals surface area contributed by atoms with E-state index < -0.39 is 0 Å². The van der Waals surface area contributed by atoms with Gasteiger partial charge in [-0.1, -0.05) is 12.8 Å². The summed E-state index contributed by atoms with van der Waals surface area (Å²) in [4.78, 5) is 14.9. The first-order chi connectivity index (χ1) is 9.78. The third-order valence-electron chi connectivity index (χ3n) is 5.48. The van der Waals surface area contributed by atoms with Gasteiger partial charge in [0, 0.05) is 19.1 Å². The molecule has 4 atom stereocenters. The fourth-order valence-corrected chi connectivity index (χ4v) is 4.45. The zero-order valence-electron chi connectivity index (χ0n) is 12.7. The predicted molar refractivity (Wildman–Crippen MR) is 80.5 cm³/mol. The summed E-state index contributed by atoms with van der Waals surface area (Å²) in [6, 6.07) is 0.729. The van der Waals surface area contributed by atoms with Gasteiger partial charge < -0.3 is 15.5 Å². The summed E-state index contributed by atoms with van der Waals surface area (Å²) >= 11 is 0. The number of hydrogen-bond acceptors (Lipinski definition) is 3. The van der Waals surface area contributed by atoms with Crippen LogP contribution < -0.4 is 10.6 Å². The van der Waals surface area contributed by atoms with E-state index >= 15 is 0 Å². The maximum atomic E-state index is 12.7. The molecule has 1 saturated carbocycles. The lowest BCUT2D eigenvalue weighted by Crippen LogP contribution is -2.50. The molecule has 2 N–H and O–H groups in total. The molecular weight excluding hydrogens is 250 g/mol. The van der Waals surface area contributed by atoms with Crippen LogP contribution in [0.1, 0.15) is 44.9 Å². The van der Waals surface area contributed by atoms with Gasteiger partial charge in [0.15, 0.2) is 0 Å². The van der Waals surface area contributed by atoms with Crippen LogP contribution in [0.5, 0.6) is 0 Å². The van der Waals surface area contributed by atoms with Crippen molar-refractivity contribution in [2.75, 3.05) is 26.7 Å². The van der Waals surface area contributed by atoms with Crippen molar-refractivity contribution in [3.63, 3.8) is 0 Å². The molecule has 114 valence electrons. The standard InChI is InChI=1S/C16H29N3O/c1-17-10-12-5-4-8-19(11-12)16(20)15-9-13-6-2-3-7-14(13)18-15/h12-15,17-18H,2-11H2,1H3. The van der Waals surface area contributed by atoms with E-state index in [1.165, 1.54) is 32.1 Å². The SMILES string of the molecule is CNCC1CCCN(C(=O)C2CC3CCCCC3N2)C1. The van der Waals surface area contributed by atoms with Crippen molar-refractivity contribution >= 4 is 5.91 Å². The highest BCUT2D eigenvalue weighted by Crippen LogP contribution is 2.34. The highest BCUT2D eigenvalue weighted by molar-refractivity contribution is 5.82. The topological polar surface area (TPSA) is 44.4 Å². The lowest BCUT2D eigenvalue weighted by molar-refractivity contribution is -0.135. The van der Waals surface area contributed by atoms with Crippen LogP contribution in [0.2, 0.25) is 0 Å². The van der Waals surface area contributed by atoms with E-state index in [4.69, 9.17) is 0 Å². The van der Waals surface area contributed by atoms with Gasteiger partial charge in [-0.15, -0.1) is 0 Å². The van der Waals surface area contributed by atoms with Gasteiger partial charge in [0.2, 0.25) is 5.91 Å². The number of nitrogens with zero attached hydrogens (tertiary/aromatic N) is 1. The molecule has 4 heteroatoms. The van der Waals surface area contributed by atoms with Gasteiger partial charge in [-0.05, 0) is 57.5 Å². The van der Waals surface area contributed by atoms with Crippen LogP contribution in [0.4, 0.5) is 0 Å². The molecule has 4 nitrogen and oxygen atoms in total. The normalized spacial score (nSPS) is 37.8. The molecule has 0 aromatic carbocycles. The lowest BCUT2D eigenvalue weighted by atomic mass is 9.85. The zero-order valence-corrected chi connectivity index (χ0v) is 12.7. The molecule has 0 radical (unpaired) electrons. The first-order valence-electron chi connectivity index (χ1n) is 8.47. The second kappa shape index (κ2) is 6.44. The first-order valence-corrected chi connectivity index (χ1v) is 8.47. The minimum absolute atomic E-state index is 0.108. The summed E-state index contributed by atoms with van der Waals surface area (Å²) in [6.07, 6.45) is 8.80. The van der Waals surface area contributed by atoms with Crippen molar-refractivity contribution in [3.05, 3.63) is 0 Å². The van der Waals surface area contributed by atoms with Crippen LogP contribution in [0.25, 0.3) is 0 Å². The number of hydrogen-bond donors (Lipinski definition) is 2. The van der Waals surface area contributed by atoms with Crippen LogP contribution in [-0.4, -0.2) is 49.6 Å². The van der Waals surface area contributed by atoms with E-state index in [9.17, 15) is 4.79 Å². The maximum absolute atomic E-state index is 12.7. The average molecular weight is 279 g/mol. The molecule has 4 unspecified atom stereocenters. The maximum Gasteiger partial charge on any atom is 0.239 e. The number of fused-ring (bicyclic) bond motifs is 1. The monoisotopic (exact) mass is 279 g/mol. The molecule has 0 aromatic heterocycles. The Hall–Kier alpha value is -0.610. The zero-order chi connectivity index (χ0) is 13.9. The molecule has 2 saturated heterocycles. The summed E-state index contributed by atoms with van der Waals surface area (Å²) in [7, 11) is 2.00. The van der Waals surface area contributed by atoms with Crippen molar-refractivity contribution in [1.82, 2.24) is 15.5 Å². The number of rotatable bonds is 3. The molecule has 3 rings (SSSR count). The second-order valence-corrected chi connectivity index (χ2v) is 6.96. The molecule has 0 bridgehead atoms. The largest absolute Gasteiger partial charge is 0.341 e. The Morgan fingerprint density at radius 3 is 2.90 bits per heavy atom. The minimum Gasteiger partial charge on any atom is -0.341 e. The highest BCUT2D eigenvalue weighted by atomic mass is 16.2. The van der Waals surface area contributed by atoms with Crippen LogP contribution in [0, 0.1) is 11.8 Å². The van der Waals surface area contributed by atoms with Gasteiger partial charge in [-0.3, -0.25) is 4.79 Å². The fourth-order valence-electron chi connectivity index (χ4n) is 4.45. The van der Waals surface area contributed by atoms with Gasteiger partial charge in [-0.25, -0.2) is 0 Å². The summed E-state index contributed by atoms with van der Waals surface area (Å²) in [6.45, 7) is 2.95. The third kappa shape index (κ3) is 3.01. The van der Waals surface area contributed by atoms with Crippen molar-refractivity contribution < 1.29 is 4.79 Å². The number of likely N-dealkylation sites (tertiary alicyclic amines) is 1. The number of piperidine rings is 1. The van der Waals surface area contributed by atoms with E-state index in [0.717, 1.165) is 38.4 Å². The van der Waals surface area contributed by atoms with Crippen molar-refractivity contribution in [2.24, 2.45) is 11.8 Å². The molecule has 2 aliphatic heterocycles. The number of carbonyl (C=O) groups is 1. The van der Waals surface area contributed by atoms with Gasteiger partial charge in [0.25, 0.3) is 0 Å². The van der Waals surface area contributed by atoms with Crippen molar-refractivity contribution in [2.45, 2.75) is 57.0 Å².